The van der Waals surface area contributed by atoms with Gasteiger partial charge in [0.15, 0.2) is 0 Å². The van der Waals surface area contributed by atoms with E-state index in [-0.39, 0.29) is 6.03 Å². The van der Waals surface area contributed by atoms with Gasteiger partial charge in [0.05, 0.1) is 22.9 Å². The first-order valence-corrected chi connectivity index (χ1v) is 2.67. The van der Waals surface area contributed by atoms with Gasteiger partial charge in [0, 0.05) is 0 Å². The molecule has 3 nitrogen and oxygen atoms in total. The van der Waals surface area contributed by atoms with Crippen molar-refractivity contribution in [2.45, 2.75) is 0 Å². The molecule has 0 spiro atoms. The van der Waals surface area contributed by atoms with Crippen molar-refractivity contribution in [1.82, 2.24) is 8.85 Å². The number of amides is 2. The summed E-state index contributed by atoms with van der Waals surface area (Å²) in [6.45, 7) is 3.27. The van der Waals surface area contributed by atoms with Gasteiger partial charge in [-0.1, -0.05) is 6.58 Å². The summed E-state index contributed by atoms with van der Waals surface area (Å²) >= 11 is 1.73. The van der Waals surface area contributed by atoms with Crippen molar-refractivity contribution in [3.63, 3.8) is 0 Å². The smallest absolute Gasteiger partial charge is 0.315 e. The second-order valence-electron chi connectivity index (χ2n) is 0.772. The summed E-state index contributed by atoms with van der Waals surface area (Å²) < 4.78 is 2.31. The molecule has 0 saturated carbocycles. The Bertz CT molecular complexity index is 83.0. The molecular weight excluding hydrogens is 207 g/mol. The number of hydrogen-bond acceptors (Lipinski definition) is 1. The second-order valence-corrected chi connectivity index (χ2v) is 1.31. The third-order valence-electron chi connectivity index (χ3n) is 0.319. The number of rotatable bonds is 1. The zero-order valence-corrected chi connectivity index (χ0v) is 5.73. The molecule has 2 amide bonds. The van der Waals surface area contributed by atoms with Gasteiger partial charge in [-0.15, -0.1) is 0 Å². The predicted octanol–water partition coefficient (Wildman–Crippen LogP) is 0.779. The lowest BCUT2D eigenvalue weighted by molar-refractivity contribution is 0.250. The van der Waals surface area contributed by atoms with Gasteiger partial charge in [-0.2, -0.15) is 0 Å². The molecule has 0 radical (unpaired) electrons. The lowest BCUT2D eigenvalue weighted by Gasteiger charge is -1.90. The molecule has 0 bridgehead atoms. The molecule has 0 aromatic rings. The van der Waals surface area contributed by atoms with E-state index in [1.807, 2.05) is 0 Å². The average molecular weight is 212 g/mol. The fraction of sp³-hybridized carbons (Fsp3) is 0. The van der Waals surface area contributed by atoms with E-state index in [1.165, 1.54) is 6.20 Å². The van der Waals surface area contributed by atoms with Gasteiger partial charge in [-0.05, 0) is 6.20 Å². The molecule has 7 heavy (non-hydrogen) atoms. The Morgan fingerprint density at radius 1 is 1.86 bits per heavy atom. The van der Waals surface area contributed by atoms with Crippen LogP contribution in [0.3, 0.4) is 0 Å². The third kappa shape index (κ3) is 3.57. The first-order chi connectivity index (χ1) is 3.31. The van der Waals surface area contributed by atoms with E-state index in [4.69, 9.17) is 0 Å². The van der Waals surface area contributed by atoms with E-state index in [0.717, 1.165) is 0 Å². The number of carbonyl (C=O) groups is 1. The number of urea groups is 1. The standard InChI is InChI=1S/C3H5IN2O/c1-2-5-3(7)6-4/h2H,1H2,(H2,5,6,7). The fourth-order valence-corrected chi connectivity index (χ4v) is 0.276. The first-order valence-electron chi connectivity index (χ1n) is 1.59. The van der Waals surface area contributed by atoms with Crippen LogP contribution < -0.4 is 8.85 Å². The van der Waals surface area contributed by atoms with E-state index in [1.54, 1.807) is 22.9 Å². The number of nitrogens with one attached hydrogen (secondary N) is 2. The Hall–Kier alpha value is -0.260. The molecule has 4 heteroatoms. The van der Waals surface area contributed by atoms with Crippen LogP contribution in [0.2, 0.25) is 0 Å². The predicted molar refractivity (Wildman–Crippen MR) is 35.9 cm³/mol. The quantitative estimate of drug-likeness (QED) is 0.489. The molecule has 0 aromatic carbocycles. The van der Waals surface area contributed by atoms with Crippen molar-refractivity contribution in [3.05, 3.63) is 12.8 Å². The van der Waals surface area contributed by atoms with E-state index >= 15 is 0 Å². The first kappa shape index (κ1) is 6.74. The van der Waals surface area contributed by atoms with Crippen molar-refractivity contribution >= 4 is 28.9 Å². The molecule has 0 unspecified atom stereocenters. The normalized spacial score (nSPS) is 7.00. The monoisotopic (exact) mass is 212 g/mol. The number of carbonyl (C=O) groups excluding carboxylic acids is 1. The maximum atomic E-state index is 10.1. The minimum Gasteiger partial charge on any atom is -0.315 e. The van der Waals surface area contributed by atoms with Crippen LogP contribution in [0.25, 0.3) is 0 Å². The molecule has 0 saturated heterocycles. The Kier molecular flexibility index (Phi) is 3.77. The van der Waals surface area contributed by atoms with Crippen molar-refractivity contribution in [2.75, 3.05) is 0 Å². The van der Waals surface area contributed by atoms with Crippen LogP contribution in [-0.4, -0.2) is 6.03 Å². The fourth-order valence-electron chi connectivity index (χ4n) is 0.120. The van der Waals surface area contributed by atoms with Gasteiger partial charge < -0.3 is 5.32 Å². The molecule has 40 valence electrons. The summed E-state index contributed by atoms with van der Waals surface area (Å²) in [5, 5.41) is 2.30. The minimum atomic E-state index is -0.254. The van der Waals surface area contributed by atoms with Crippen LogP contribution in [-0.2, 0) is 0 Å². The highest BCUT2D eigenvalue weighted by molar-refractivity contribution is 14.1. The summed E-state index contributed by atoms with van der Waals surface area (Å²) in [6.07, 6.45) is 1.31. The van der Waals surface area contributed by atoms with Gasteiger partial charge in [0.25, 0.3) is 0 Å². The van der Waals surface area contributed by atoms with Crippen LogP contribution in [0.15, 0.2) is 12.8 Å². The minimum absolute atomic E-state index is 0.254. The lowest BCUT2D eigenvalue weighted by Crippen LogP contribution is -2.23. The molecule has 0 rings (SSSR count). The Morgan fingerprint density at radius 2 is 2.43 bits per heavy atom. The number of hydrogen-bond donors (Lipinski definition) is 2. The summed E-state index contributed by atoms with van der Waals surface area (Å²) in [6, 6.07) is -0.254. The van der Waals surface area contributed by atoms with E-state index in [0.29, 0.717) is 0 Å². The highest BCUT2D eigenvalue weighted by Crippen LogP contribution is 1.68. The summed E-state index contributed by atoms with van der Waals surface area (Å²) in [5.41, 5.74) is 0. The zero-order valence-electron chi connectivity index (χ0n) is 3.57. The molecule has 0 atom stereocenters. The van der Waals surface area contributed by atoms with Crippen molar-refractivity contribution in [1.29, 1.82) is 0 Å². The molecule has 0 heterocycles. The molecule has 2 N–H and O–H groups in total. The largest absolute Gasteiger partial charge is 0.327 e. The Balaban J connectivity index is 3.17. The summed E-state index contributed by atoms with van der Waals surface area (Å²) in [7, 11) is 0. The highest BCUT2D eigenvalue weighted by Gasteiger charge is 1.85. The maximum absolute atomic E-state index is 10.1. The molecule has 0 fully saturated rings. The Morgan fingerprint density at radius 3 is 2.57 bits per heavy atom. The van der Waals surface area contributed by atoms with Crippen molar-refractivity contribution in [2.24, 2.45) is 0 Å². The van der Waals surface area contributed by atoms with Gasteiger partial charge in [-0.3, -0.25) is 3.53 Å². The maximum Gasteiger partial charge on any atom is 0.327 e. The van der Waals surface area contributed by atoms with Crippen molar-refractivity contribution in [3.8, 4) is 0 Å². The third-order valence-corrected chi connectivity index (χ3v) is 0.809. The van der Waals surface area contributed by atoms with Gasteiger partial charge in [-0.25, -0.2) is 4.79 Å². The van der Waals surface area contributed by atoms with E-state index in [2.05, 4.69) is 15.4 Å². The molecule has 0 aromatic heterocycles. The molecule has 0 aliphatic heterocycles. The van der Waals surface area contributed by atoms with Crippen LogP contribution in [0.5, 0.6) is 0 Å². The van der Waals surface area contributed by atoms with Gasteiger partial charge in [0.1, 0.15) is 0 Å². The molecule has 0 aliphatic rings. The van der Waals surface area contributed by atoms with Crippen LogP contribution in [0.1, 0.15) is 0 Å². The van der Waals surface area contributed by atoms with Crippen LogP contribution in [0.4, 0.5) is 4.79 Å². The summed E-state index contributed by atoms with van der Waals surface area (Å²) in [4.78, 5) is 10.1. The van der Waals surface area contributed by atoms with E-state index in [9.17, 15) is 4.79 Å². The number of halogens is 1. The lowest BCUT2D eigenvalue weighted by atomic mass is 10.9. The highest BCUT2D eigenvalue weighted by atomic mass is 127. The second kappa shape index (κ2) is 3.91. The summed E-state index contributed by atoms with van der Waals surface area (Å²) in [5.74, 6) is 0. The Labute approximate surface area is 55.7 Å². The van der Waals surface area contributed by atoms with Crippen LogP contribution >= 0.6 is 22.9 Å². The average Bonchev–Trinajstić information content (AvgIpc) is 1.68. The molecular formula is C3H5IN2O. The van der Waals surface area contributed by atoms with Gasteiger partial charge in [0.2, 0.25) is 0 Å². The van der Waals surface area contributed by atoms with E-state index < -0.39 is 0 Å². The SMILES string of the molecule is C=CNC(=O)NI. The zero-order chi connectivity index (χ0) is 5.70. The van der Waals surface area contributed by atoms with Crippen LogP contribution in [0, 0.1) is 0 Å². The van der Waals surface area contributed by atoms with Crippen molar-refractivity contribution < 1.29 is 4.79 Å². The van der Waals surface area contributed by atoms with Gasteiger partial charge >= 0.3 is 6.03 Å². The molecule has 0 aliphatic carbocycles. The topological polar surface area (TPSA) is 41.1 Å².